The van der Waals surface area contributed by atoms with Crippen LogP contribution in [0.2, 0.25) is 0 Å². The summed E-state index contributed by atoms with van der Waals surface area (Å²) >= 11 is 0. The second-order valence-electron chi connectivity index (χ2n) is 8.37. The van der Waals surface area contributed by atoms with Crippen molar-refractivity contribution < 1.29 is 22.8 Å². The van der Waals surface area contributed by atoms with Gasteiger partial charge in [0.25, 0.3) is 5.91 Å². The summed E-state index contributed by atoms with van der Waals surface area (Å²) in [6.45, 7) is 3.66. The number of carbonyl (C=O) groups excluding carboxylic acids is 2. The predicted octanol–water partition coefficient (Wildman–Crippen LogP) is 2.04. The standard InChI is InChI=1S/C22H22F3N7O2/c1-11-21(33)28-17-16(23)12(9-13-18(17)32(11)29-19(13)24)10-30-5-7-31(8-6-30)15-4-3-14(22(34)26-2)27-20(15)25/h3-4,9,11H,5-8,10H2,1-2H3,(H,26,34)(H,28,33)/t11-/m1/s1. The van der Waals surface area contributed by atoms with E-state index in [-0.39, 0.29) is 40.1 Å². The first kappa shape index (κ1) is 22.1. The normalized spacial score (nSPS) is 18.3. The zero-order valence-corrected chi connectivity index (χ0v) is 18.5. The largest absolute Gasteiger partial charge is 0.365 e. The van der Waals surface area contributed by atoms with Crippen molar-refractivity contribution in [1.82, 2.24) is 25.0 Å². The first-order valence-electron chi connectivity index (χ1n) is 10.8. The molecule has 4 heterocycles. The third-order valence-electron chi connectivity index (χ3n) is 6.35. The molecule has 178 valence electrons. The van der Waals surface area contributed by atoms with Gasteiger partial charge in [-0.1, -0.05) is 0 Å². The van der Waals surface area contributed by atoms with Gasteiger partial charge in [-0.05, 0) is 25.1 Å². The number of anilines is 2. The molecule has 2 amide bonds. The molecule has 1 fully saturated rings. The number of amides is 2. The van der Waals surface area contributed by atoms with Crippen molar-refractivity contribution in [3.05, 3.63) is 47.2 Å². The van der Waals surface area contributed by atoms with Gasteiger partial charge < -0.3 is 15.5 Å². The Kier molecular flexibility index (Phi) is 5.39. The van der Waals surface area contributed by atoms with E-state index in [0.717, 1.165) is 0 Å². The van der Waals surface area contributed by atoms with Gasteiger partial charge in [-0.3, -0.25) is 14.5 Å². The topological polar surface area (TPSA) is 95.4 Å². The minimum atomic E-state index is -0.756. The van der Waals surface area contributed by atoms with E-state index >= 15 is 4.39 Å². The Bertz CT molecular complexity index is 1320. The summed E-state index contributed by atoms with van der Waals surface area (Å²) in [5, 5.41) is 8.89. The van der Waals surface area contributed by atoms with Crippen LogP contribution in [0.3, 0.4) is 0 Å². The van der Waals surface area contributed by atoms with Gasteiger partial charge in [0.15, 0.2) is 5.82 Å². The zero-order valence-electron chi connectivity index (χ0n) is 18.5. The molecule has 0 spiro atoms. The lowest BCUT2D eigenvalue weighted by atomic mass is 10.1. The molecule has 12 heteroatoms. The van der Waals surface area contributed by atoms with Gasteiger partial charge in [0, 0.05) is 45.3 Å². The Morgan fingerprint density at radius 1 is 1.18 bits per heavy atom. The Hall–Kier alpha value is -3.67. The molecule has 0 saturated carbocycles. The number of piperazine rings is 1. The minimum absolute atomic E-state index is 0.00532. The molecule has 0 aliphatic carbocycles. The summed E-state index contributed by atoms with van der Waals surface area (Å²) in [6, 6.07) is 3.68. The van der Waals surface area contributed by atoms with Crippen LogP contribution in [0.4, 0.5) is 24.5 Å². The molecule has 2 N–H and O–H groups in total. The number of aromatic nitrogens is 3. The third-order valence-corrected chi connectivity index (χ3v) is 6.35. The first-order chi connectivity index (χ1) is 16.3. The number of hydrogen-bond donors (Lipinski definition) is 2. The van der Waals surface area contributed by atoms with Crippen LogP contribution in [0.15, 0.2) is 18.2 Å². The highest BCUT2D eigenvalue weighted by Crippen LogP contribution is 2.36. The van der Waals surface area contributed by atoms with Crippen molar-refractivity contribution in [2.45, 2.75) is 19.5 Å². The second kappa shape index (κ2) is 8.28. The summed E-state index contributed by atoms with van der Waals surface area (Å²) < 4.78 is 45.5. The molecule has 0 bridgehead atoms. The van der Waals surface area contributed by atoms with Gasteiger partial charge in [0.05, 0.1) is 16.6 Å². The Labute approximate surface area is 192 Å². The summed E-state index contributed by atoms with van der Waals surface area (Å²) in [6.07, 6.45) is 0. The molecule has 34 heavy (non-hydrogen) atoms. The molecule has 9 nitrogen and oxygen atoms in total. The summed E-state index contributed by atoms with van der Waals surface area (Å²) in [5.74, 6) is -3.03. The van der Waals surface area contributed by atoms with Gasteiger partial charge in [-0.15, -0.1) is 5.10 Å². The van der Waals surface area contributed by atoms with E-state index in [0.29, 0.717) is 26.2 Å². The van der Waals surface area contributed by atoms with Gasteiger partial charge in [0.1, 0.15) is 17.4 Å². The van der Waals surface area contributed by atoms with Gasteiger partial charge in [-0.2, -0.15) is 8.78 Å². The van der Waals surface area contributed by atoms with Crippen molar-refractivity contribution in [2.75, 3.05) is 43.4 Å². The lowest BCUT2D eigenvalue weighted by Crippen LogP contribution is -2.46. The molecule has 0 unspecified atom stereocenters. The number of pyridine rings is 1. The van der Waals surface area contributed by atoms with Crippen LogP contribution in [0.25, 0.3) is 10.9 Å². The van der Waals surface area contributed by atoms with E-state index in [1.54, 1.807) is 11.8 Å². The molecule has 1 saturated heterocycles. The number of nitrogens with zero attached hydrogens (tertiary/aromatic N) is 5. The van der Waals surface area contributed by atoms with Crippen LogP contribution in [-0.2, 0) is 11.3 Å². The highest BCUT2D eigenvalue weighted by atomic mass is 19.1. The summed E-state index contributed by atoms with van der Waals surface area (Å²) in [5.41, 5.74) is 0.700. The molecular weight excluding hydrogens is 451 g/mol. The average Bonchev–Trinajstić information content (AvgIpc) is 3.16. The van der Waals surface area contributed by atoms with Crippen molar-refractivity contribution in [3.8, 4) is 0 Å². The highest BCUT2D eigenvalue weighted by molar-refractivity contribution is 6.06. The number of benzene rings is 1. The Balaban J connectivity index is 1.33. The molecule has 2 aliphatic rings. The maximum Gasteiger partial charge on any atom is 0.269 e. The van der Waals surface area contributed by atoms with E-state index in [1.807, 2.05) is 4.90 Å². The Morgan fingerprint density at radius 2 is 1.91 bits per heavy atom. The van der Waals surface area contributed by atoms with Crippen molar-refractivity contribution in [1.29, 1.82) is 0 Å². The van der Waals surface area contributed by atoms with Gasteiger partial charge >= 0.3 is 0 Å². The molecule has 2 aromatic heterocycles. The fourth-order valence-corrected chi connectivity index (χ4v) is 4.45. The van der Waals surface area contributed by atoms with E-state index in [4.69, 9.17) is 0 Å². The zero-order chi connectivity index (χ0) is 24.1. The third kappa shape index (κ3) is 3.54. The quantitative estimate of drug-likeness (QED) is 0.564. The predicted molar refractivity (Wildman–Crippen MR) is 118 cm³/mol. The van der Waals surface area contributed by atoms with Crippen molar-refractivity contribution in [3.63, 3.8) is 0 Å². The molecule has 1 aromatic carbocycles. The minimum Gasteiger partial charge on any atom is -0.365 e. The van der Waals surface area contributed by atoms with Crippen molar-refractivity contribution >= 4 is 34.1 Å². The number of carbonyl (C=O) groups is 2. The smallest absolute Gasteiger partial charge is 0.269 e. The van der Waals surface area contributed by atoms with Crippen LogP contribution < -0.4 is 15.5 Å². The average molecular weight is 473 g/mol. The maximum absolute atomic E-state index is 15.3. The Morgan fingerprint density at radius 3 is 2.59 bits per heavy atom. The number of halogens is 3. The fraction of sp³-hybridized carbons (Fsp3) is 0.364. The monoisotopic (exact) mass is 473 g/mol. The second-order valence-corrected chi connectivity index (χ2v) is 8.37. The fourth-order valence-electron chi connectivity index (χ4n) is 4.45. The van der Waals surface area contributed by atoms with E-state index in [1.165, 1.54) is 29.9 Å². The summed E-state index contributed by atoms with van der Waals surface area (Å²) in [7, 11) is 1.44. The van der Waals surface area contributed by atoms with Crippen molar-refractivity contribution in [2.24, 2.45) is 0 Å². The molecule has 1 atom stereocenters. The van der Waals surface area contributed by atoms with Crippen LogP contribution in [0.1, 0.15) is 29.0 Å². The van der Waals surface area contributed by atoms with Crippen LogP contribution in [0, 0.1) is 17.7 Å². The molecule has 5 rings (SSSR count). The first-order valence-corrected chi connectivity index (χ1v) is 10.8. The lowest BCUT2D eigenvalue weighted by molar-refractivity contribution is -0.119. The lowest BCUT2D eigenvalue weighted by Gasteiger charge is -2.36. The maximum atomic E-state index is 15.3. The molecular formula is C22H22F3N7O2. The van der Waals surface area contributed by atoms with Crippen LogP contribution >= 0.6 is 0 Å². The van der Waals surface area contributed by atoms with E-state index in [9.17, 15) is 18.4 Å². The van der Waals surface area contributed by atoms with Gasteiger partial charge in [0.2, 0.25) is 17.8 Å². The summed E-state index contributed by atoms with van der Waals surface area (Å²) in [4.78, 5) is 31.3. The number of rotatable bonds is 4. The number of nitrogens with one attached hydrogen (secondary N) is 2. The molecule has 2 aliphatic heterocycles. The van der Waals surface area contributed by atoms with E-state index in [2.05, 4.69) is 20.7 Å². The highest BCUT2D eigenvalue weighted by Gasteiger charge is 2.32. The SMILES string of the molecule is CNC(=O)c1ccc(N2CCN(Cc3cc4c(F)nn5c4c(c3F)NC(=O)[C@H]5C)CC2)c(F)n1. The van der Waals surface area contributed by atoms with Crippen LogP contribution in [-0.4, -0.2) is 64.7 Å². The number of hydrogen-bond acceptors (Lipinski definition) is 6. The van der Waals surface area contributed by atoms with Crippen LogP contribution in [0.5, 0.6) is 0 Å². The van der Waals surface area contributed by atoms with Gasteiger partial charge in [-0.25, -0.2) is 14.1 Å². The molecule has 0 radical (unpaired) electrons. The van der Waals surface area contributed by atoms with E-state index < -0.39 is 35.6 Å². The molecule has 3 aromatic rings.